The van der Waals surface area contributed by atoms with Gasteiger partial charge in [-0.3, -0.25) is 19.9 Å². The molecule has 4 heterocycles. The number of carbonyl (C=O) groups excluding carboxylic acids is 2. The molecule has 9 nitrogen and oxygen atoms in total. The molecule has 5 rings (SSSR count). The number of rotatable bonds is 6. The Hall–Kier alpha value is -3.89. The lowest BCUT2D eigenvalue weighted by Crippen LogP contribution is -2.25. The van der Waals surface area contributed by atoms with Crippen LogP contribution in [0.3, 0.4) is 0 Å². The number of aryl methyl sites for hydroxylation is 1. The summed E-state index contributed by atoms with van der Waals surface area (Å²) in [6.45, 7) is 3.90. The molecule has 3 aromatic heterocycles. The van der Waals surface area contributed by atoms with E-state index in [1.807, 2.05) is 18.2 Å². The van der Waals surface area contributed by atoms with E-state index in [1.165, 1.54) is 16.2 Å². The second-order valence-corrected chi connectivity index (χ2v) is 9.58. The first-order chi connectivity index (χ1) is 17.0. The highest BCUT2D eigenvalue weighted by Crippen LogP contribution is 2.28. The van der Waals surface area contributed by atoms with Gasteiger partial charge in [-0.2, -0.15) is 0 Å². The highest BCUT2D eigenvalue weighted by molar-refractivity contribution is 7.15. The number of thiazole rings is 1. The number of likely N-dealkylation sites (N-methyl/N-ethyl adjacent to an activating group) is 1. The first kappa shape index (κ1) is 22.9. The van der Waals surface area contributed by atoms with E-state index in [1.54, 1.807) is 37.5 Å². The molecular formula is C25H25N7O2S. The molecule has 0 unspecified atom stereocenters. The van der Waals surface area contributed by atoms with Gasteiger partial charge in [0.1, 0.15) is 11.5 Å². The van der Waals surface area contributed by atoms with Crippen LogP contribution in [0.15, 0.2) is 48.8 Å². The fourth-order valence-electron chi connectivity index (χ4n) is 3.97. The molecule has 0 fully saturated rings. The van der Waals surface area contributed by atoms with Gasteiger partial charge in [-0.05, 0) is 43.8 Å². The van der Waals surface area contributed by atoms with E-state index in [2.05, 4.69) is 42.5 Å². The Kier molecular flexibility index (Phi) is 6.39. The standard InChI is InChI=1S/C25H25N7O2S/c1-15-21(30-22(28-15)17-6-9-26-10-7-17)24(34)27-13-16-4-3-5-18(12-16)23(33)31-25-29-19-8-11-32(2)14-20(19)35-25/h3-7,9-10,12H,8,11,13-14H2,1-2H3,(H,27,34)(H,28,30)(H,29,31,33). The summed E-state index contributed by atoms with van der Waals surface area (Å²) in [5, 5.41) is 6.44. The van der Waals surface area contributed by atoms with Gasteiger partial charge in [0.25, 0.3) is 11.8 Å². The third-order valence-electron chi connectivity index (χ3n) is 5.85. The minimum absolute atomic E-state index is 0.218. The topological polar surface area (TPSA) is 116 Å². The number of imidazole rings is 1. The van der Waals surface area contributed by atoms with Gasteiger partial charge in [0.15, 0.2) is 5.13 Å². The number of anilines is 1. The summed E-state index contributed by atoms with van der Waals surface area (Å²) in [5.74, 6) is 0.136. The monoisotopic (exact) mass is 487 g/mol. The molecule has 0 radical (unpaired) electrons. The number of hydrogen-bond acceptors (Lipinski definition) is 7. The Morgan fingerprint density at radius 1 is 1.14 bits per heavy atom. The van der Waals surface area contributed by atoms with Crippen molar-refractivity contribution in [1.29, 1.82) is 0 Å². The molecule has 10 heteroatoms. The van der Waals surface area contributed by atoms with Gasteiger partial charge >= 0.3 is 0 Å². The number of benzene rings is 1. The van der Waals surface area contributed by atoms with Crippen LogP contribution in [0.25, 0.3) is 11.4 Å². The minimum atomic E-state index is -0.261. The zero-order valence-corrected chi connectivity index (χ0v) is 20.3. The predicted octanol–water partition coefficient (Wildman–Crippen LogP) is 3.41. The number of carbonyl (C=O) groups is 2. The first-order valence-electron chi connectivity index (χ1n) is 11.3. The summed E-state index contributed by atoms with van der Waals surface area (Å²) in [6.07, 6.45) is 4.25. The molecule has 4 aromatic rings. The Labute approximate surface area is 206 Å². The zero-order valence-electron chi connectivity index (χ0n) is 19.5. The molecule has 0 saturated heterocycles. The van der Waals surface area contributed by atoms with E-state index in [-0.39, 0.29) is 18.4 Å². The Bertz CT molecular complexity index is 1380. The van der Waals surface area contributed by atoms with E-state index in [0.29, 0.717) is 27.9 Å². The normalized spacial score (nSPS) is 13.3. The van der Waals surface area contributed by atoms with E-state index in [0.717, 1.165) is 36.3 Å². The minimum Gasteiger partial charge on any atom is -0.347 e. The number of amides is 2. The van der Waals surface area contributed by atoms with Crippen molar-refractivity contribution in [1.82, 2.24) is 30.2 Å². The van der Waals surface area contributed by atoms with Crippen LogP contribution in [0.1, 0.15) is 42.7 Å². The summed E-state index contributed by atoms with van der Waals surface area (Å²) in [7, 11) is 2.08. The van der Waals surface area contributed by atoms with Gasteiger partial charge in [0.2, 0.25) is 0 Å². The average molecular weight is 488 g/mol. The van der Waals surface area contributed by atoms with Crippen molar-refractivity contribution in [3.63, 3.8) is 0 Å². The van der Waals surface area contributed by atoms with Crippen LogP contribution < -0.4 is 10.6 Å². The summed E-state index contributed by atoms with van der Waals surface area (Å²) in [6, 6.07) is 10.9. The SMILES string of the molecule is Cc1nc(-c2ccncc2)[nH]c1C(=O)NCc1cccc(C(=O)Nc2nc3c(s2)CN(C)CC3)c1. The van der Waals surface area contributed by atoms with Crippen LogP contribution in [0.2, 0.25) is 0 Å². The lowest BCUT2D eigenvalue weighted by Gasteiger charge is -2.20. The van der Waals surface area contributed by atoms with Crippen molar-refractivity contribution in [2.45, 2.75) is 26.4 Å². The second-order valence-electron chi connectivity index (χ2n) is 8.50. The molecule has 2 amide bonds. The summed E-state index contributed by atoms with van der Waals surface area (Å²) in [5.41, 5.74) is 4.27. The van der Waals surface area contributed by atoms with Crippen molar-refractivity contribution < 1.29 is 9.59 Å². The fraction of sp³-hybridized carbons (Fsp3) is 0.240. The van der Waals surface area contributed by atoms with Crippen LogP contribution in [-0.4, -0.2) is 50.2 Å². The van der Waals surface area contributed by atoms with Gasteiger partial charge in [-0.25, -0.2) is 9.97 Å². The van der Waals surface area contributed by atoms with Crippen molar-refractivity contribution in [3.8, 4) is 11.4 Å². The Morgan fingerprint density at radius 3 is 2.80 bits per heavy atom. The predicted molar refractivity (Wildman–Crippen MR) is 134 cm³/mol. The lowest BCUT2D eigenvalue weighted by molar-refractivity contribution is 0.0945. The number of aromatic nitrogens is 4. The van der Waals surface area contributed by atoms with E-state index >= 15 is 0 Å². The quantitative estimate of drug-likeness (QED) is 0.384. The van der Waals surface area contributed by atoms with Gasteiger partial charge in [0.05, 0.1) is 11.4 Å². The van der Waals surface area contributed by atoms with E-state index in [4.69, 9.17) is 0 Å². The number of nitrogens with zero attached hydrogens (tertiary/aromatic N) is 4. The highest BCUT2D eigenvalue weighted by atomic mass is 32.1. The molecule has 3 N–H and O–H groups in total. The smallest absolute Gasteiger partial charge is 0.269 e. The largest absolute Gasteiger partial charge is 0.347 e. The number of fused-ring (bicyclic) bond motifs is 1. The van der Waals surface area contributed by atoms with Crippen LogP contribution in [0.4, 0.5) is 5.13 Å². The molecule has 1 aromatic carbocycles. The summed E-state index contributed by atoms with van der Waals surface area (Å²) >= 11 is 1.53. The number of H-pyrrole nitrogens is 1. The van der Waals surface area contributed by atoms with Gasteiger partial charge in [0, 0.05) is 54.5 Å². The van der Waals surface area contributed by atoms with Crippen molar-refractivity contribution >= 4 is 28.3 Å². The second kappa shape index (κ2) is 9.77. The third-order valence-corrected chi connectivity index (χ3v) is 6.85. The number of nitrogens with one attached hydrogen (secondary N) is 3. The van der Waals surface area contributed by atoms with Crippen LogP contribution in [0, 0.1) is 6.92 Å². The summed E-state index contributed by atoms with van der Waals surface area (Å²) < 4.78 is 0. The molecule has 35 heavy (non-hydrogen) atoms. The Morgan fingerprint density at radius 2 is 1.97 bits per heavy atom. The molecule has 1 aliphatic rings. The van der Waals surface area contributed by atoms with Crippen molar-refractivity contribution in [2.75, 3.05) is 18.9 Å². The fourth-order valence-corrected chi connectivity index (χ4v) is 5.05. The summed E-state index contributed by atoms with van der Waals surface area (Å²) in [4.78, 5) is 45.2. The van der Waals surface area contributed by atoms with Gasteiger partial charge in [-0.1, -0.05) is 12.1 Å². The van der Waals surface area contributed by atoms with Crippen molar-refractivity contribution in [3.05, 3.63) is 81.9 Å². The van der Waals surface area contributed by atoms with Crippen LogP contribution >= 0.6 is 11.3 Å². The molecule has 1 aliphatic heterocycles. The first-order valence-corrected chi connectivity index (χ1v) is 12.1. The third kappa shape index (κ3) is 5.13. The van der Waals surface area contributed by atoms with Gasteiger partial charge in [-0.15, -0.1) is 11.3 Å². The molecule has 178 valence electrons. The average Bonchev–Trinajstić information content (AvgIpc) is 3.45. The van der Waals surface area contributed by atoms with Gasteiger partial charge < -0.3 is 15.2 Å². The molecule has 0 aliphatic carbocycles. The molecule has 0 atom stereocenters. The zero-order chi connectivity index (χ0) is 24.4. The van der Waals surface area contributed by atoms with E-state index < -0.39 is 0 Å². The number of hydrogen-bond donors (Lipinski definition) is 3. The maximum Gasteiger partial charge on any atom is 0.269 e. The molecular weight excluding hydrogens is 462 g/mol. The maximum absolute atomic E-state index is 12.8. The Balaban J connectivity index is 1.22. The van der Waals surface area contributed by atoms with Crippen LogP contribution in [-0.2, 0) is 19.5 Å². The number of aromatic amines is 1. The lowest BCUT2D eigenvalue weighted by atomic mass is 10.1. The highest BCUT2D eigenvalue weighted by Gasteiger charge is 2.20. The van der Waals surface area contributed by atoms with E-state index in [9.17, 15) is 9.59 Å². The number of pyridine rings is 1. The molecule has 0 spiro atoms. The maximum atomic E-state index is 12.8. The molecule has 0 bridgehead atoms. The molecule has 0 saturated carbocycles. The van der Waals surface area contributed by atoms with Crippen LogP contribution in [0.5, 0.6) is 0 Å². The van der Waals surface area contributed by atoms with Crippen molar-refractivity contribution in [2.24, 2.45) is 0 Å².